The molecule has 0 aromatic heterocycles. The molecule has 0 saturated heterocycles. The lowest BCUT2D eigenvalue weighted by atomic mass is 9.97. The number of benzene rings is 2. The van der Waals surface area contributed by atoms with Gasteiger partial charge >= 0.3 is 0 Å². The van der Waals surface area contributed by atoms with Gasteiger partial charge < -0.3 is 4.74 Å². The van der Waals surface area contributed by atoms with E-state index in [9.17, 15) is 0 Å². The van der Waals surface area contributed by atoms with Crippen molar-refractivity contribution >= 4 is 15.9 Å². The molecule has 0 atom stereocenters. The molecular weight excluding hydrogens is 300 g/mol. The van der Waals surface area contributed by atoms with Crippen molar-refractivity contribution < 1.29 is 4.74 Å². The molecule has 1 aliphatic carbocycles. The second kappa shape index (κ2) is 5.48. The topological polar surface area (TPSA) is 9.23 Å². The van der Waals surface area contributed by atoms with Crippen LogP contribution in [0.5, 0.6) is 0 Å². The molecule has 1 aliphatic rings. The lowest BCUT2D eigenvalue weighted by Crippen LogP contribution is -2.15. The molecule has 1 fully saturated rings. The predicted octanol–water partition coefficient (Wildman–Crippen LogP) is 4.70. The highest BCUT2D eigenvalue weighted by atomic mass is 79.9. The quantitative estimate of drug-likeness (QED) is 0.777. The third-order valence-electron chi connectivity index (χ3n) is 3.80. The first-order valence-electron chi connectivity index (χ1n) is 6.66. The van der Waals surface area contributed by atoms with Crippen LogP contribution in [0.4, 0.5) is 0 Å². The van der Waals surface area contributed by atoms with Crippen molar-refractivity contribution in [2.75, 3.05) is 6.61 Å². The zero-order chi connectivity index (χ0) is 13.1. The summed E-state index contributed by atoms with van der Waals surface area (Å²) in [6.07, 6.45) is 2.48. The first-order chi connectivity index (χ1) is 9.28. The van der Waals surface area contributed by atoms with E-state index in [4.69, 9.17) is 4.74 Å². The molecule has 1 nitrogen and oxygen atoms in total. The van der Waals surface area contributed by atoms with Crippen LogP contribution in [0.15, 0.2) is 59.1 Å². The minimum atomic E-state index is 0.273. The van der Waals surface area contributed by atoms with Gasteiger partial charge in [0.05, 0.1) is 13.2 Å². The number of halogens is 1. The molecule has 2 heteroatoms. The van der Waals surface area contributed by atoms with Gasteiger partial charge in [-0.25, -0.2) is 0 Å². The predicted molar refractivity (Wildman–Crippen MR) is 81.2 cm³/mol. The normalized spacial score (nSPS) is 16.3. The lowest BCUT2D eigenvalue weighted by molar-refractivity contribution is 0.100. The molecular formula is C17H17BrO. The maximum absolute atomic E-state index is 5.92. The minimum absolute atomic E-state index is 0.273. The highest BCUT2D eigenvalue weighted by Crippen LogP contribution is 2.48. The van der Waals surface area contributed by atoms with Crippen molar-refractivity contribution in [2.24, 2.45) is 0 Å². The summed E-state index contributed by atoms with van der Waals surface area (Å²) in [7, 11) is 0. The molecule has 0 spiro atoms. The van der Waals surface area contributed by atoms with Gasteiger partial charge in [0.15, 0.2) is 0 Å². The van der Waals surface area contributed by atoms with Gasteiger partial charge in [0, 0.05) is 9.89 Å². The van der Waals surface area contributed by atoms with Crippen molar-refractivity contribution in [3.8, 4) is 0 Å². The molecule has 0 aliphatic heterocycles. The zero-order valence-corrected chi connectivity index (χ0v) is 12.4. The van der Waals surface area contributed by atoms with E-state index in [2.05, 4.69) is 64.5 Å². The van der Waals surface area contributed by atoms with Crippen molar-refractivity contribution in [3.05, 3.63) is 70.2 Å². The third-order valence-corrected chi connectivity index (χ3v) is 4.33. The molecule has 0 unspecified atom stereocenters. The zero-order valence-electron chi connectivity index (χ0n) is 10.8. The summed E-state index contributed by atoms with van der Waals surface area (Å²) in [6.45, 7) is 1.53. The summed E-state index contributed by atoms with van der Waals surface area (Å²) >= 11 is 3.48. The molecule has 19 heavy (non-hydrogen) atoms. The Morgan fingerprint density at radius 2 is 1.63 bits per heavy atom. The van der Waals surface area contributed by atoms with Gasteiger partial charge in [-0.05, 0) is 36.1 Å². The summed E-state index contributed by atoms with van der Waals surface area (Å²) in [4.78, 5) is 0. The monoisotopic (exact) mass is 316 g/mol. The Bertz CT molecular complexity index is 529. The fourth-order valence-corrected chi connectivity index (χ4v) is 2.67. The maximum atomic E-state index is 5.92. The smallest absolute Gasteiger partial charge is 0.0717 e. The van der Waals surface area contributed by atoms with Gasteiger partial charge in [-0.15, -0.1) is 0 Å². The van der Waals surface area contributed by atoms with Crippen molar-refractivity contribution in [3.63, 3.8) is 0 Å². The van der Waals surface area contributed by atoms with Gasteiger partial charge in [-0.2, -0.15) is 0 Å². The van der Waals surface area contributed by atoms with Crippen molar-refractivity contribution in [1.29, 1.82) is 0 Å². The molecule has 98 valence electrons. The lowest BCUT2D eigenvalue weighted by Gasteiger charge is -2.16. The first kappa shape index (κ1) is 12.9. The average molecular weight is 317 g/mol. The van der Waals surface area contributed by atoms with E-state index in [1.165, 1.54) is 24.0 Å². The van der Waals surface area contributed by atoms with Gasteiger partial charge in [0.1, 0.15) is 0 Å². The fraction of sp³-hybridized carbons (Fsp3) is 0.294. The number of hydrogen-bond donors (Lipinski definition) is 0. The fourth-order valence-electron chi connectivity index (χ4n) is 2.41. The Kier molecular flexibility index (Phi) is 3.72. The van der Waals surface area contributed by atoms with Crippen LogP contribution in [0, 0.1) is 0 Å². The molecule has 0 bridgehead atoms. The van der Waals surface area contributed by atoms with E-state index in [0.717, 1.165) is 11.1 Å². The number of rotatable bonds is 5. The van der Waals surface area contributed by atoms with E-state index in [-0.39, 0.29) is 5.41 Å². The highest BCUT2D eigenvalue weighted by Gasteiger charge is 2.44. The van der Waals surface area contributed by atoms with Crippen molar-refractivity contribution in [1.82, 2.24) is 0 Å². The standard InChI is InChI=1S/C17H17BrO/c18-16-8-6-15(7-9-16)17(10-11-17)13-19-12-14-4-2-1-3-5-14/h1-9H,10-13H2. The Balaban J connectivity index is 1.59. The molecule has 3 rings (SSSR count). The van der Waals surface area contributed by atoms with E-state index >= 15 is 0 Å². The van der Waals surface area contributed by atoms with E-state index in [1.54, 1.807) is 0 Å². The van der Waals surface area contributed by atoms with Crippen LogP contribution in [-0.4, -0.2) is 6.61 Å². The first-order valence-corrected chi connectivity index (χ1v) is 7.46. The van der Waals surface area contributed by atoms with Crippen LogP contribution in [0.2, 0.25) is 0 Å². The summed E-state index contributed by atoms with van der Waals surface area (Å²) in [6, 6.07) is 19.0. The Morgan fingerprint density at radius 3 is 2.26 bits per heavy atom. The highest BCUT2D eigenvalue weighted by molar-refractivity contribution is 9.10. The summed E-state index contributed by atoms with van der Waals surface area (Å²) < 4.78 is 7.06. The number of hydrogen-bond acceptors (Lipinski definition) is 1. The van der Waals surface area contributed by atoms with Crippen LogP contribution in [0.25, 0.3) is 0 Å². The van der Waals surface area contributed by atoms with E-state index in [0.29, 0.717) is 6.61 Å². The van der Waals surface area contributed by atoms with Crippen molar-refractivity contribution in [2.45, 2.75) is 24.9 Å². The molecule has 2 aromatic rings. The Hall–Kier alpha value is -1.12. The summed E-state index contributed by atoms with van der Waals surface area (Å²) in [5.74, 6) is 0. The van der Waals surface area contributed by atoms with E-state index < -0.39 is 0 Å². The molecule has 0 N–H and O–H groups in total. The second-order valence-electron chi connectivity index (χ2n) is 5.27. The molecule has 0 radical (unpaired) electrons. The van der Waals surface area contributed by atoms with Crippen LogP contribution >= 0.6 is 15.9 Å². The minimum Gasteiger partial charge on any atom is -0.376 e. The molecule has 1 saturated carbocycles. The van der Waals surface area contributed by atoms with E-state index in [1.807, 2.05) is 6.07 Å². The Labute approximate surface area is 122 Å². The van der Waals surface area contributed by atoms with Crippen LogP contribution in [-0.2, 0) is 16.8 Å². The molecule has 0 heterocycles. The molecule has 2 aromatic carbocycles. The average Bonchev–Trinajstić information content (AvgIpc) is 3.22. The maximum Gasteiger partial charge on any atom is 0.0717 e. The second-order valence-corrected chi connectivity index (χ2v) is 6.18. The van der Waals surface area contributed by atoms with Gasteiger partial charge in [0.25, 0.3) is 0 Å². The van der Waals surface area contributed by atoms with Crippen LogP contribution in [0.1, 0.15) is 24.0 Å². The molecule has 0 amide bonds. The number of ether oxygens (including phenoxy) is 1. The summed E-state index contributed by atoms with van der Waals surface area (Å²) in [5, 5.41) is 0. The van der Waals surface area contributed by atoms with Gasteiger partial charge in [-0.3, -0.25) is 0 Å². The largest absolute Gasteiger partial charge is 0.376 e. The summed E-state index contributed by atoms with van der Waals surface area (Å²) in [5.41, 5.74) is 2.92. The van der Waals surface area contributed by atoms with Gasteiger partial charge in [0.2, 0.25) is 0 Å². The SMILES string of the molecule is Brc1ccc(C2(COCc3ccccc3)CC2)cc1. The van der Waals surface area contributed by atoms with Crippen LogP contribution < -0.4 is 0 Å². The third kappa shape index (κ3) is 3.07. The van der Waals surface area contributed by atoms with Gasteiger partial charge in [-0.1, -0.05) is 58.4 Å². The van der Waals surface area contributed by atoms with Crippen LogP contribution in [0.3, 0.4) is 0 Å². The Morgan fingerprint density at radius 1 is 0.947 bits per heavy atom.